The number of thiazole rings is 1. The van der Waals surface area contributed by atoms with Crippen molar-refractivity contribution in [1.82, 2.24) is 9.71 Å². The number of hydrogen-bond acceptors (Lipinski definition) is 4. The number of sulfonamides is 1. The maximum atomic E-state index is 12.1. The second-order valence-corrected chi connectivity index (χ2v) is 7.53. The molecule has 0 fully saturated rings. The molecule has 1 aromatic heterocycles. The summed E-state index contributed by atoms with van der Waals surface area (Å²) in [5.41, 5.74) is 3.57. The van der Waals surface area contributed by atoms with E-state index in [9.17, 15) is 8.42 Å². The lowest BCUT2D eigenvalue weighted by atomic mass is 10.2. The Labute approximate surface area is 127 Å². The molecule has 1 heterocycles. The molecular weight excluding hydrogens is 316 g/mol. The molecule has 7 heteroatoms. The van der Waals surface area contributed by atoms with E-state index in [0.717, 1.165) is 16.1 Å². The van der Waals surface area contributed by atoms with E-state index in [-0.39, 0.29) is 4.90 Å². The lowest BCUT2D eigenvalue weighted by Gasteiger charge is -2.07. The van der Waals surface area contributed by atoms with Crippen LogP contribution < -0.4 is 4.72 Å². The van der Waals surface area contributed by atoms with E-state index in [2.05, 4.69) is 9.71 Å². The van der Waals surface area contributed by atoms with Gasteiger partial charge in [-0.1, -0.05) is 17.7 Å². The van der Waals surface area contributed by atoms with Gasteiger partial charge in [-0.05, 0) is 38.0 Å². The first kappa shape index (κ1) is 15.4. The van der Waals surface area contributed by atoms with Crippen molar-refractivity contribution in [3.05, 3.63) is 44.9 Å². The average molecular weight is 331 g/mol. The zero-order valence-corrected chi connectivity index (χ0v) is 13.6. The summed E-state index contributed by atoms with van der Waals surface area (Å²) in [5, 5.41) is 0.450. The fraction of sp³-hybridized carbons (Fsp3) is 0.308. The summed E-state index contributed by atoms with van der Waals surface area (Å²) in [6.07, 6.45) is 0.634. The van der Waals surface area contributed by atoms with Crippen LogP contribution in [0.15, 0.2) is 28.6 Å². The molecule has 0 atom stereocenters. The summed E-state index contributed by atoms with van der Waals surface area (Å²) >= 11 is 7.49. The van der Waals surface area contributed by atoms with Crippen molar-refractivity contribution >= 4 is 33.0 Å². The zero-order valence-electron chi connectivity index (χ0n) is 11.2. The maximum absolute atomic E-state index is 12.1. The summed E-state index contributed by atoms with van der Waals surface area (Å²) in [5.74, 6) is 0. The van der Waals surface area contributed by atoms with E-state index in [4.69, 9.17) is 11.6 Å². The Morgan fingerprint density at radius 1 is 1.35 bits per heavy atom. The summed E-state index contributed by atoms with van der Waals surface area (Å²) in [6.45, 7) is 4.09. The smallest absolute Gasteiger partial charge is 0.240 e. The van der Waals surface area contributed by atoms with Gasteiger partial charge in [0, 0.05) is 16.4 Å². The van der Waals surface area contributed by atoms with Crippen LogP contribution in [0, 0.1) is 13.8 Å². The molecule has 4 nitrogen and oxygen atoms in total. The number of benzene rings is 1. The van der Waals surface area contributed by atoms with Crippen LogP contribution in [0.25, 0.3) is 0 Å². The summed E-state index contributed by atoms with van der Waals surface area (Å²) < 4.78 is 26.8. The number of aromatic nitrogens is 1. The third-order valence-electron chi connectivity index (χ3n) is 2.94. The summed E-state index contributed by atoms with van der Waals surface area (Å²) in [6, 6.07) is 4.73. The van der Waals surface area contributed by atoms with Crippen molar-refractivity contribution in [3.8, 4) is 0 Å². The molecule has 0 spiro atoms. The van der Waals surface area contributed by atoms with Gasteiger partial charge in [0.2, 0.25) is 10.0 Å². The van der Waals surface area contributed by atoms with Gasteiger partial charge in [0.25, 0.3) is 0 Å². The van der Waals surface area contributed by atoms with E-state index < -0.39 is 10.0 Å². The van der Waals surface area contributed by atoms with E-state index in [1.807, 2.05) is 13.8 Å². The van der Waals surface area contributed by atoms with E-state index in [0.29, 0.717) is 18.0 Å². The van der Waals surface area contributed by atoms with Gasteiger partial charge < -0.3 is 0 Å². The van der Waals surface area contributed by atoms with Crippen LogP contribution in [0.1, 0.15) is 16.1 Å². The van der Waals surface area contributed by atoms with Crippen LogP contribution in [0.2, 0.25) is 5.02 Å². The topological polar surface area (TPSA) is 59.1 Å². The number of hydrogen-bond donors (Lipinski definition) is 1. The van der Waals surface area contributed by atoms with Crippen LogP contribution in [0.5, 0.6) is 0 Å². The van der Waals surface area contributed by atoms with Crippen molar-refractivity contribution in [2.45, 2.75) is 25.2 Å². The highest BCUT2D eigenvalue weighted by atomic mass is 35.5. The molecule has 0 unspecified atom stereocenters. The SMILES string of the molecule is Cc1ccc(S(=O)(=O)NCCc2scnc2C)cc1Cl. The van der Waals surface area contributed by atoms with Crippen molar-refractivity contribution in [3.63, 3.8) is 0 Å². The fourth-order valence-corrected chi connectivity index (χ4v) is 3.77. The predicted octanol–water partition coefficient (Wildman–Crippen LogP) is 2.93. The molecule has 20 heavy (non-hydrogen) atoms. The molecule has 0 aliphatic rings. The Hall–Kier alpha value is -0.950. The van der Waals surface area contributed by atoms with Crippen molar-refractivity contribution in [2.24, 2.45) is 0 Å². The van der Waals surface area contributed by atoms with Crippen molar-refractivity contribution in [1.29, 1.82) is 0 Å². The number of rotatable bonds is 5. The van der Waals surface area contributed by atoms with Crippen LogP contribution in [-0.4, -0.2) is 19.9 Å². The molecular formula is C13H15ClN2O2S2. The molecule has 2 aromatic rings. The largest absolute Gasteiger partial charge is 0.250 e. The Morgan fingerprint density at radius 2 is 2.10 bits per heavy atom. The van der Waals surface area contributed by atoms with Crippen LogP contribution in [0.4, 0.5) is 0 Å². The fourth-order valence-electron chi connectivity index (χ4n) is 1.69. The second kappa shape index (κ2) is 6.22. The third kappa shape index (κ3) is 3.58. The van der Waals surface area contributed by atoms with Gasteiger partial charge in [0.1, 0.15) is 0 Å². The molecule has 0 bridgehead atoms. The van der Waals surface area contributed by atoms with Gasteiger partial charge >= 0.3 is 0 Å². The first-order valence-corrected chi connectivity index (χ1v) is 8.79. The third-order valence-corrected chi connectivity index (χ3v) is 5.80. The van der Waals surface area contributed by atoms with Gasteiger partial charge in [-0.15, -0.1) is 11.3 Å². The van der Waals surface area contributed by atoms with Crippen molar-refractivity contribution < 1.29 is 8.42 Å². The Bertz CT molecular complexity index is 711. The lowest BCUT2D eigenvalue weighted by molar-refractivity contribution is 0.581. The maximum Gasteiger partial charge on any atom is 0.240 e. The molecule has 0 saturated carbocycles. The zero-order chi connectivity index (χ0) is 14.8. The molecule has 0 saturated heterocycles. The monoisotopic (exact) mass is 330 g/mol. The van der Waals surface area contributed by atoms with Gasteiger partial charge in [0.15, 0.2) is 0 Å². The van der Waals surface area contributed by atoms with Crippen LogP contribution in [-0.2, 0) is 16.4 Å². The first-order valence-electron chi connectivity index (χ1n) is 6.05. The molecule has 1 N–H and O–H groups in total. The normalized spacial score (nSPS) is 11.8. The van der Waals surface area contributed by atoms with Gasteiger partial charge in [0.05, 0.1) is 16.1 Å². The van der Waals surface area contributed by atoms with Gasteiger partial charge in [-0.25, -0.2) is 18.1 Å². The average Bonchev–Trinajstić information content (AvgIpc) is 2.78. The number of nitrogens with zero attached hydrogens (tertiary/aromatic N) is 1. The Kier molecular flexibility index (Phi) is 4.80. The van der Waals surface area contributed by atoms with E-state index >= 15 is 0 Å². The molecule has 1 aromatic carbocycles. The van der Waals surface area contributed by atoms with Gasteiger partial charge in [-0.3, -0.25) is 0 Å². The molecule has 108 valence electrons. The Balaban J connectivity index is 2.04. The summed E-state index contributed by atoms with van der Waals surface area (Å²) in [4.78, 5) is 5.42. The van der Waals surface area contributed by atoms with Crippen LogP contribution >= 0.6 is 22.9 Å². The number of nitrogens with one attached hydrogen (secondary N) is 1. The molecule has 0 amide bonds. The minimum Gasteiger partial charge on any atom is -0.250 e. The molecule has 0 radical (unpaired) electrons. The summed E-state index contributed by atoms with van der Waals surface area (Å²) in [7, 11) is -3.52. The molecule has 0 aliphatic heterocycles. The van der Waals surface area contributed by atoms with E-state index in [1.165, 1.54) is 17.4 Å². The number of aryl methyl sites for hydroxylation is 2. The Morgan fingerprint density at radius 3 is 2.70 bits per heavy atom. The van der Waals surface area contributed by atoms with E-state index in [1.54, 1.807) is 17.6 Å². The molecule has 0 aliphatic carbocycles. The van der Waals surface area contributed by atoms with Crippen LogP contribution in [0.3, 0.4) is 0 Å². The second-order valence-electron chi connectivity index (χ2n) is 4.42. The standard InChI is InChI=1S/C13H15ClN2O2S2/c1-9-3-4-11(7-12(9)14)20(17,18)16-6-5-13-10(2)15-8-19-13/h3-4,7-8,16H,5-6H2,1-2H3. The minimum atomic E-state index is -3.52. The van der Waals surface area contributed by atoms with Crippen molar-refractivity contribution in [2.75, 3.05) is 6.54 Å². The minimum absolute atomic E-state index is 0.189. The van der Waals surface area contributed by atoms with Gasteiger partial charge in [-0.2, -0.15) is 0 Å². The number of halogens is 1. The first-order chi connectivity index (χ1) is 9.40. The predicted molar refractivity (Wildman–Crippen MR) is 81.9 cm³/mol. The highest BCUT2D eigenvalue weighted by Gasteiger charge is 2.14. The molecule has 2 rings (SSSR count). The highest BCUT2D eigenvalue weighted by molar-refractivity contribution is 7.89. The highest BCUT2D eigenvalue weighted by Crippen LogP contribution is 2.20. The lowest BCUT2D eigenvalue weighted by Crippen LogP contribution is -2.26. The quantitative estimate of drug-likeness (QED) is 0.917.